The predicted molar refractivity (Wildman–Crippen MR) is 63.6 cm³/mol. The van der Waals surface area contributed by atoms with Gasteiger partial charge in [0.2, 0.25) is 0 Å². The molecule has 0 spiro atoms. The van der Waals surface area contributed by atoms with Crippen LogP contribution in [0.15, 0.2) is 30.3 Å². The summed E-state index contributed by atoms with van der Waals surface area (Å²) in [5.41, 5.74) is 1.03. The lowest BCUT2D eigenvalue weighted by Crippen LogP contribution is -2.14. The SMILES string of the molecule is CCS[C@H](CC)[C@@H](O)c1ccccc1. The molecule has 1 aromatic carbocycles. The maximum Gasteiger partial charge on any atom is 0.0908 e. The van der Waals surface area contributed by atoms with E-state index in [1.54, 1.807) is 0 Å². The van der Waals surface area contributed by atoms with Gasteiger partial charge in [-0.15, -0.1) is 0 Å². The average molecular weight is 210 g/mol. The summed E-state index contributed by atoms with van der Waals surface area (Å²) in [6.07, 6.45) is 0.681. The van der Waals surface area contributed by atoms with Crippen molar-refractivity contribution in [3.63, 3.8) is 0 Å². The first-order chi connectivity index (χ1) is 6.79. The average Bonchev–Trinajstić information content (AvgIpc) is 2.26. The molecule has 0 saturated heterocycles. The van der Waals surface area contributed by atoms with Crippen LogP contribution in [0.25, 0.3) is 0 Å². The molecule has 0 amide bonds. The normalized spacial score (nSPS) is 15.1. The number of hydrogen-bond donors (Lipinski definition) is 1. The van der Waals surface area contributed by atoms with Crippen LogP contribution >= 0.6 is 11.8 Å². The fourth-order valence-corrected chi connectivity index (χ4v) is 2.51. The van der Waals surface area contributed by atoms with Gasteiger partial charge in [0.25, 0.3) is 0 Å². The van der Waals surface area contributed by atoms with E-state index < -0.39 is 0 Å². The minimum absolute atomic E-state index is 0.322. The second-order valence-electron chi connectivity index (χ2n) is 3.26. The molecule has 0 saturated carbocycles. The van der Waals surface area contributed by atoms with E-state index in [1.807, 2.05) is 42.1 Å². The van der Waals surface area contributed by atoms with Gasteiger partial charge in [0.05, 0.1) is 6.10 Å². The molecular weight excluding hydrogens is 192 g/mol. The summed E-state index contributed by atoms with van der Waals surface area (Å²) in [5.74, 6) is 1.06. The molecule has 0 unspecified atom stereocenters. The van der Waals surface area contributed by atoms with Gasteiger partial charge in [0, 0.05) is 5.25 Å². The molecule has 1 rings (SSSR count). The molecule has 0 aliphatic heterocycles. The second-order valence-corrected chi connectivity index (χ2v) is 4.77. The van der Waals surface area contributed by atoms with E-state index in [4.69, 9.17) is 0 Å². The number of rotatable bonds is 5. The van der Waals surface area contributed by atoms with Crippen LogP contribution < -0.4 is 0 Å². The summed E-state index contributed by atoms with van der Waals surface area (Å²) >= 11 is 1.83. The van der Waals surface area contributed by atoms with Gasteiger partial charge >= 0.3 is 0 Å². The zero-order valence-electron chi connectivity index (χ0n) is 8.81. The van der Waals surface area contributed by atoms with Crippen molar-refractivity contribution in [2.45, 2.75) is 31.6 Å². The van der Waals surface area contributed by atoms with Gasteiger partial charge in [-0.05, 0) is 17.7 Å². The fourth-order valence-electron chi connectivity index (χ4n) is 1.51. The van der Waals surface area contributed by atoms with E-state index >= 15 is 0 Å². The molecule has 78 valence electrons. The Labute approximate surface area is 90.5 Å². The van der Waals surface area contributed by atoms with E-state index in [2.05, 4.69) is 13.8 Å². The first-order valence-corrected chi connectivity index (χ1v) is 6.19. The number of aliphatic hydroxyl groups is 1. The van der Waals surface area contributed by atoms with E-state index in [-0.39, 0.29) is 6.10 Å². The third kappa shape index (κ3) is 3.03. The van der Waals surface area contributed by atoms with Crippen molar-refractivity contribution >= 4 is 11.8 Å². The molecule has 2 atom stereocenters. The number of hydrogen-bond acceptors (Lipinski definition) is 2. The van der Waals surface area contributed by atoms with Crippen LogP contribution in [0.5, 0.6) is 0 Å². The molecule has 0 aliphatic rings. The number of thioether (sulfide) groups is 1. The van der Waals surface area contributed by atoms with Crippen molar-refractivity contribution < 1.29 is 5.11 Å². The Balaban J connectivity index is 2.67. The predicted octanol–water partition coefficient (Wildman–Crippen LogP) is 3.25. The molecule has 0 heterocycles. The molecular formula is C12H18OS. The highest BCUT2D eigenvalue weighted by atomic mass is 32.2. The highest BCUT2D eigenvalue weighted by molar-refractivity contribution is 7.99. The lowest BCUT2D eigenvalue weighted by atomic mass is 10.1. The minimum atomic E-state index is -0.328. The number of aliphatic hydroxyl groups excluding tert-OH is 1. The monoisotopic (exact) mass is 210 g/mol. The standard InChI is InChI=1S/C12H18OS/c1-3-11(14-4-2)12(13)10-8-6-5-7-9-10/h5-9,11-13H,3-4H2,1-2H3/t11-,12+/m1/s1. The summed E-state index contributed by atoms with van der Waals surface area (Å²) in [4.78, 5) is 0. The molecule has 0 bridgehead atoms. The topological polar surface area (TPSA) is 20.2 Å². The smallest absolute Gasteiger partial charge is 0.0908 e. The van der Waals surface area contributed by atoms with Gasteiger partial charge in [-0.2, -0.15) is 11.8 Å². The van der Waals surface area contributed by atoms with E-state index in [1.165, 1.54) is 0 Å². The maximum absolute atomic E-state index is 10.1. The van der Waals surface area contributed by atoms with Gasteiger partial charge in [-0.25, -0.2) is 0 Å². The van der Waals surface area contributed by atoms with E-state index in [9.17, 15) is 5.11 Å². The van der Waals surface area contributed by atoms with Crippen LogP contribution in [-0.4, -0.2) is 16.1 Å². The molecule has 0 fully saturated rings. The minimum Gasteiger partial charge on any atom is -0.387 e. The summed E-state index contributed by atoms with van der Waals surface area (Å²) in [6, 6.07) is 9.90. The zero-order chi connectivity index (χ0) is 10.4. The number of benzene rings is 1. The Kier molecular flexibility index (Phi) is 5.05. The van der Waals surface area contributed by atoms with Gasteiger partial charge in [0.1, 0.15) is 0 Å². The Morgan fingerprint density at radius 3 is 2.36 bits per heavy atom. The first kappa shape index (κ1) is 11.6. The van der Waals surface area contributed by atoms with Gasteiger partial charge in [-0.3, -0.25) is 0 Å². The summed E-state index contributed by atoms with van der Waals surface area (Å²) < 4.78 is 0. The van der Waals surface area contributed by atoms with Crippen molar-refractivity contribution in [3.8, 4) is 0 Å². The highest BCUT2D eigenvalue weighted by Crippen LogP contribution is 2.28. The Hall–Kier alpha value is -0.470. The van der Waals surface area contributed by atoms with Crippen molar-refractivity contribution in [1.29, 1.82) is 0 Å². The summed E-state index contributed by atoms with van der Waals surface area (Å²) in [6.45, 7) is 4.25. The van der Waals surface area contributed by atoms with Crippen molar-refractivity contribution in [2.24, 2.45) is 0 Å². The highest BCUT2D eigenvalue weighted by Gasteiger charge is 2.18. The summed E-state index contributed by atoms with van der Waals surface area (Å²) in [7, 11) is 0. The molecule has 1 nitrogen and oxygen atoms in total. The summed E-state index contributed by atoms with van der Waals surface area (Å²) in [5, 5.41) is 10.4. The lowest BCUT2D eigenvalue weighted by Gasteiger charge is -2.20. The molecule has 14 heavy (non-hydrogen) atoms. The van der Waals surface area contributed by atoms with Gasteiger partial charge in [-0.1, -0.05) is 44.2 Å². The van der Waals surface area contributed by atoms with Crippen LogP contribution in [0.4, 0.5) is 0 Å². The Bertz CT molecular complexity index is 248. The fraction of sp³-hybridized carbons (Fsp3) is 0.500. The Morgan fingerprint density at radius 2 is 1.86 bits per heavy atom. The maximum atomic E-state index is 10.1. The molecule has 1 aromatic rings. The van der Waals surface area contributed by atoms with Crippen molar-refractivity contribution in [1.82, 2.24) is 0 Å². The van der Waals surface area contributed by atoms with Crippen molar-refractivity contribution in [2.75, 3.05) is 5.75 Å². The second kappa shape index (κ2) is 6.10. The molecule has 0 aromatic heterocycles. The van der Waals surface area contributed by atoms with E-state index in [0.717, 1.165) is 17.7 Å². The zero-order valence-corrected chi connectivity index (χ0v) is 9.63. The first-order valence-electron chi connectivity index (χ1n) is 5.14. The molecule has 0 radical (unpaired) electrons. The van der Waals surface area contributed by atoms with Gasteiger partial charge < -0.3 is 5.11 Å². The van der Waals surface area contributed by atoms with Crippen LogP contribution in [0, 0.1) is 0 Å². The quantitative estimate of drug-likeness (QED) is 0.805. The van der Waals surface area contributed by atoms with Crippen LogP contribution in [0.1, 0.15) is 31.9 Å². The largest absolute Gasteiger partial charge is 0.387 e. The van der Waals surface area contributed by atoms with Crippen molar-refractivity contribution in [3.05, 3.63) is 35.9 Å². The molecule has 2 heteroatoms. The lowest BCUT2D eigenvalue weighted by molar-refractivity contribution is 0.173. The molecule has 0 aliphatic carbocycles. The third-order valence-electron chi connectivity index (χ3n) is 2.28. The van der Waals surface area contributed by atoms with Crippen LogP contribution in [0.2, 0.25) is 0 Å². The molecule has 1 N–H and O–H groups in total. The third-order valence-corrected chi connectivity index (χ3v) is 3.63. The van der Waals surface area contributed by atoms with E-state index in [0.29, 0.717) is 5.25 Å². The van der Waals surface area contributed by atoms with Crippen LogP contribution in [-0.2, 0) is 0 Å². The van der Waals surface area contributed by atoms with Crippen LogP contribution in [0.3, 0.4) is 0 Å². The van der Waals surface area contributed by atoms with Gasteiger partial charge in [0.15, 0.2) is 0 Å². The Morgan fingerprint density at radius 1 is 1.21 bits per heavy atom.